The summed E-state index contributed by atoms with van der Waals surface area (Å²) in [5.74, 6) is 0.391. The lowest BCUT2D eigenvalue weighted by molar-refractivity contribution is -0.146. The van der Waals surface area contributed by atoms with Crippen molar-refractivity contribution in [2.45, 2.75) is 71.5 Å². The summed E-state index contributed by atoms with van der Waals surface area (Å²) in [4.78, 5) is 25.3. The Balaban J connectivity index is 2.24. The smallest absolute Gasteiger partial charge is 0.341 e. The van der Waals surface area contributed by atoms with E-state index in [-0.39, 0.29) is 12.0 Å². The average molecular weight is 392 g/mol. The van der Waals surface area contributed by atoms with E-state index in [0.29, 0.717) is 42.4 Å². The minimum atomic E-state index is -0.807. The Kier molecular flexibility index (Phi) is 7.87. The third kappa shape index (κ3) is 5.25. The Morgan fingerprint density at radius 1 is 1.25 bits per heavy atom. The van der Waals surface area contributed by atoms with E-state index in [2.05, 4.69) is 12.2 Å². The van der Waals surface area contributed by atoms with Gasteiger partial charge in [-0.2, -0.15) is 0 Å². The molecule has 0 bridgehead atoms. The summed E-state index contributed by atoms with van der Waals surface area (Å²) < 4.78 is 16.6. The molecule has 1 aromatic carbocycles. The van der Waals surface area contributed by atoms with Gasteiger partial charge in [0.2, 0.25) is 0 Å². The quantitative estimate of drug-likeness (QED) is 0.657. The first-order valence-electron chi connectivity index (χ1n) is 10.2. The van der Waals surface area contributed by atoms with Crippen molar-refractivity contribution < 1.29 is 23.8 Å². The number of rotatable bonds is 8. The van der Waals surface area contributed by atoms with Gasteiger partial charge in [0.15, 0.2) is 0 Å². The molecule has 1 aliphatic rings. The second kappa shape index (κ2) is 9.92. The lowest BCUT2D eigenvalue weighted by atomic mass is 9.78. The predicted octanol–water partition coefficient (Wildman–Crippen LogP) is 4.57. The van der Waals surface area contributed by atoms with Crippen molar-refractivity contribution in [2.75, 3.05) is 19.0 Å². The van der Waals surface area contributed by atoms with Gasteiger partial charge in [-0.3, -0.25) is 4.79 Å². The number of nitrogens with one attached hydrogen (secondary N) is 1. The van der Waals surface area contributed by atoms with Crippen LogP contribution in [-0.4, -0.2) is 37.3 Å². The fraction of sp³-hybridized carbons (Fsp3) is 0.636. The van der Waals surface area contributed by atoms with Gasteiger partial charge in [0.05, 0.1) is 13.2 Å². The summed E-state index contributed by atoms with van der Waals surface area (Å²) in [6.45, 7) is 8.54. The lowest BCUT2D eigenvalue weighted by Gasteiger charge is -2.37. The van der Waals surface area contributed by atoms with Gasteiger partial charge in [-0.25, -0.2) is 4.79 Å². The predicted molar refractivity (Wildman–Crippen MR) is 109 cm³/mol. The second-order valence-electron chi connectivity index (χ2n) is 7.60. The number of carbonyl (C=O) groups excluding carboxylic acids is 2. The van der Waals surface area contributed by atoms with E-state index in [1.807, 2.05) is 20.8 Å². The van der Waals surface area contributed by atoms with Crippen LogP contribution in [0.15, 0.2) is 18.2 Å². The minimum Gasteiger partial charge on any atom is -0.490 e. The molecule has 0 spiro atoms. The zero-order valence-electron chi connectivity index (χ0n) is 17.7. The highest BCUT2D eigenvalue weighted by molar-refractivity contribution is 5.99. The molecule has 1 atom stereocenters. The maximum atomic E-state index is 13.1. The molecule has 1 aliphatic carbocycles. The van der Waals surface area contributed by atoms with E-state index in [0.717, 1.165) is 19.3 Å². The number of benzene rings is 1. The number of hydrogen-bond donors (Lipinski definition) is 1. The van der Waals surface area contributed by atoms with Crippen molar-refractivity contribution in [1.29, 1.82) is 0 Å². The molecule has 0 aliphatic heterocycles. The van der Waals surface area contributed by atoms with Crippen LogP contribution in [0.2, 0.25) is 0 Å². The molecular weight excluding hydrogens is 358 g/mol. The van der Waals surface area contributed by atoms with Crippen LogP contribution < -0.4 is 10.1 Å². The van der Waals surface area contributed by atoms with Gasteiger partial charge in [0.1, 0.15) is 16.9 Å². The van der Waals surface area contributed by atoms with Gasteiger partial charge < -0.3 is 19.5 Å². The van der Waals surface area contributed by atoms with Crippen molar-refractivity contribution in [3.63, 3.8) is 0 Å². The molecule has 156 valence electrons. The molecule has 28 heavy (non-hydrogen) atoms. The van der Waals surface area contributed by atoms with Crippen molar-refractivity contribution >= 4 is 17.6 Å². The maximum absolute atomic E-state index is 13.1. The molecule has 0 heterocycles. The van der Waals surface area contributed by atoms with Crippen molar-refractivity contribution in [2.24, 2.45) is 5.92 Å². The number of esters is 1. The van der Waals surface area contributed by atoms with E-state index in [1.165, 1.54) is 7.11 Å². The Morgan fingerprint density at radius 2 is 1.93 bits per heavy atom. The SMILES string of the molecule is CCOC1(C(=O)Nc2ccc(OC(C)CC)c(C(=O)OC)c2)CCC(C)CC1. The molecule has 0 aromatic heterocycles. The average Bonchev–Trinajstić information content (AvgIpc) is 2.70. The summed E-state index contributed by atoms with van der Waals surface area (Å²) in [5.41, 5.74) is 0.0152. The molecule has 6 nitrogen and oxygen atoms in total. The van der Waals surface area contributed by atoms with E-state index < -0.39 is 11.6 Å². The fourth-order valence-corrected chi connectivity index (χ4v) is 3.47. The largest absolute Gasteiger partial charge is 0.490 e. The highest BCUT2D eigenvalue weighted by atomic mass is 16.5. The highest BCUT2D eigenvalue weighted by Crippen LogP contribution is 2.36. The van der Waals surface area contributed by atoms with Gasteiger partial charge >= 0.3 is 5.97 Å². The lowest BCUT2D eigenvalue weighted by Crippen LogP contribution is -2.48. The molecule has 2 rings (SSSR count). The summed E-state index contributed by atoms with van der Waals surface area (Å²) in [7, 11) is 1.33. The molecule has 1 saturated carbocycles. The van der Waals surface area contributed by atoms with E-state index in [4.69, 9.17) is 14.2 Å². The van der Waals surface area contributed by atoms with Gasteiger partial charge in [-0.15, -0.1) is 0 Å². The van der Waals surface area contributed by atoms with Crippen molar-refractivity contribution in [3.05, 3.63) is 23.8 Å². The van der Waals surface area contributed by atoms with E-state index >= 15 is 0 Å². The molecule has 0 radical (unpaired) electrons. The Hall–Kier alpha value is -2.08. The monoisotopic (exact) mass is 391 g/mol. The molecule has 0 saturated heterocycles. The van der Waals surface area contributed by atoms with E-state index in [9.17, 15) is 9.59 Å². The molecular formula is C22H33NO5. The summed E-state index contributed by atoms with van der Waals surface area (Å²) in [6, 6.07) is 5.05. The first-order valence-corrected chi connectivity index (χ1v) is 10.2. The minimum absolute atomic E-state index is 0.0331. The standard InChI is InChI=1S/C22H33NO5/c1-6-16(4)28-19-9-8-17(14-18(19)20(24)26-5)23-21(25)22(27-7-2)12-10-15(3)11-13-22/h8-9,14-16H,6-7,10-13H2,1-5H3,(H,23,25). The van der Waals surface area contributed by atoms with Crippen LogP contribution in [0, 0.1) is 5.92 Å². The van der Waals surface area contributed by atoms with Crippen LogP contribution in [0.25, 0.3) is 0 Å². The van der Waals surface area contributed by atoms with Gasteiger partial charge in [-0.05, 0) is 70.1 Å². The molecule has 1 amide bonds. The Morgan fingerprint density at radius 3 is 2.50 bits per heavy atom. The van der Waals surface area contributed by atoms with Crippen LogP contribution in [0.1, 0.15) is 70.2 Å². The van der Waals surface area contributed by atoms with Crippen LogP contribution in [0.5, 0.6) is 5.75 Å². The first kappa shape index (κ1) is 22.2. The topological polar surface area (TPSA) is 73.9 Å². The first-order chi connectivity index (χ1) is 13.3. The second-order valence-corrected chi connectivity index (χ2v) is 7.60. The molecule has 6 heteroatoms. The molecule has 1 N–H and O–H groups in total. The van der Waals surface area contributed by atoms with Gasteiger partial charge in [0, 0.05) is 12.3 Å². The Labute approximate surface area is 167 Å². The molecule has 1 aromatic rings. The summed E-state index contributed by atoms with van der Waals surface area (Å²) in [6.07, 6.45) is 4.11. The molecule has 1 fully saturated rings. The number of methoxy groups -OCH3 is 1. The van der Waals surface area contributed by atoms with Crippen LogP contribution in [-0.2, 0) is 14.3 Å². The van der Waals surface area contributed by atoms with Gasteiger partial charge in [-0.1, -0.05) is 13.8 Å². The maximum Gasteiger partial charge on any atom is 0.341 e. The Bertz CT molecular complexity index is 680. The van der Waals surface area contributed by atoms with Crippen LogP contribution in [0.3, 0.4) is 0 Å². The molecule has 1 unspecified atom stereocenters. The van der Waals surface area contributed by atoms with Crippen LogP contribution in [0.4, 0.5) is 5.69 Å². The number of ether oxygens (including phenoxy) is 3. The summed E-state index contributed by atoms with van der Waals surface area (Å²) in [5, 5.41) is 2.94. The fourth-order valence-electron chi connectivity index (χ4n) is 3.47. The van der Waals surface area contributed by atoms with Crippen molar-refractivity contribution in [3.8, 4) is 5.75 Å². The van der Waals surface area contributed by atoms with Gasteiger partial charge in [0.25, 0.3) is 5.91 Å². The zero-order chi connectivity index (χ0) is 20.7. The highest BCUT2D eigenvalue weighted by Gasteiger charge is 2.42. The normalized spacial score (nSPS) is 23.0. The third-order valence-corrected chi connectivity index (χ3v) is 5.46. The number of anilines is 1. The third-order valence-electron chi connectivity index (χ3n) is 5.46. The number of hydrogen-bond acceptors (Lipinski definition) is 5. The zero-order valence-corrected chi connectivity index (χ0v) is 17.7. The van der Waals surface area contributed by atoms with E-state index in [1.54, 1.807) is 18.2 Å². The number of carbonyl (C=O) groups is 2. The summed E-state index contributed by atoms with van der Waals surface area (Å²) >= 11 is 0. The van der Waals surface area contributed by atoms with Crippen molar-refractivity contribution in [1.82, 2.24) is 0 Å². The number of amides is 1. The van der Waals surface area contributed by atoms with Crippen LogP contribution >= 0.6 is 0 Å².